The van der Waals surface area contributed by atoms with Crippen LogP contribution >= 0.6 is 11.3 Å². The van der Waals surface area contributed by atoms with E-state index in [1.807, 2.05) is 24.3 Å². The van der Waals surface area contributed by atoms with E-state index < -0.39 is 29.6 Å². The van der Waals surface area contributed by atoms with E-state index in [1.54, 1.807) is 0 Å². The van der Waals surface area contributed by atoms with E-state index in [0.29, 0.717) is 23.5 Å². The van der Waals surface area contributed by atoms with E-state index in [-0.39, 0.29) is 18.6 Å². The van der Waals surface area contributed by atoms with Gasteiger partial charge in [-0.2, -0.15) is 18.2 Å². The van der Waals surface area contributed by atoms with E-state index in [4.69, 9.17) is 9.40 Å². The summed E-state index contributed by atoms with van der Waals surface area (Å²) in [6.45, 7) is 0.215. The number of hydrogen-bond donors (Lipinski definition) is 2. The Hall–Kier alpha value is -3.41. The minimum atomic E-state index is -4.84. The van der Waals surface area contributed by atoms with Gasteiger partial charge in [-0.15, -0.1) is 11.3 Å². The lowest BCUT2D eigenvalue weighted by Crippen LogP contribution is -2.36. The number of para-hydroxylation sites is 1. The molecule has 2 N–H and O–H groups in total. The topological polar surface area (TPSA) is 99.9 Å². The van der Waals surface area contributed by atoms with Crippen molar-refractivity contribution in [2.45, 2.75) is 43.9 Å². The van der Waals surface area contributed by atoms with E-state index in [0.717, 1.165) is 28.8 Å². The number of thiazole rings is 1. The average Bonchev–Trinajstić information content (AvgIpc) is 3.19. The highest BCUT2D eigenvalue weighted by atomic mass is 32.1. The maximum Gasteiger partial charge on any atom is 0.437 e. The number of nitrogens with zero attached hydrogens (tertiary/aromatic N) is 4. The maximum absolute atomic E-state index is 13.8. The van der Waals surface area contributed by atoms with E-state index in [1.165, 1.54) is 22.6 Å². The molecule has 12 heteroatoms. The van der Waals surface area contributed by atoms with Gasteiger partial charge < -0.3 is 19.6 Å². The van der Waals surface area contributed by atoms with Crippen LogP contribution in [0.25, 0.3) is 10.2 Å². The first-order valence-corrected chi connectivity index (χ1v) is 11.7. The normalized spacial score (nSPS) is 18.7. The monoisotopic (exact) mass is 488 g/mol. The van der Waals surface area contributed by atoms with Gasteiger partial charge in [0, 0.05) is 18.3 Å². The molecule has 34 heavy (non-hydrogen) atoms. The smallest absolute Gasteiger partial charge is 0.418 e. The van der Waals surface area contributed by atoms with Crippen molar-refractivity contribution in [2.24, 2.45) is 0 Å². The number of imidazole rings is 1. The number of benzene rings is 1. The summed E-state index contributed by atoms with van der Waals surface area (Å²) in [5.74, 6) is -1.70. The number of fused-ring (bicyclic) bond motifs is 2. The number of alkyl halides is 3. The van der Waals surface area contributed by atoms with Crippen LogP contribution in [0.2, 0.25) is 0 Å². The molecule has 0 saturated heterocycles. The number of anilines is 1. The van der Waals surface area contributed by atoms with Crippen LogP contribution in [0.5, 0.6) is 0 Å². The van der Waals surface area contributed by atoms with Gasteiger partial charge in [-0.25, -0.2) is 9.97 Å². The van der Waals surface area contributed by atoms with Crippen molar-refractivity contribution in [3.8, 4) is 0 Å². The molecular formula is C22H19F3N6O2S. The Kier molecular flexibility index (Phi) is 4.87. The summed E-state index contributed by atoms with van der Waals surface area (Å²) in [4.78, 5) is 30.9. The zero-order valence-electron chi connectivity index (χ0n) is 17.7. The summed E-state index contributed by atoms with van der Waals surface area (Å²) in [6, 6.07) is 6.50. The first-order chi connectivity index (χ1) is 16.4. The molecule has 4 aromatic rings. The van der Waals surface area contributed by atoms with Crippen LogP contribution in [0, 0.1) is 0 Å². The highest BCUT2D eigenvalue weighted by molar-refractivity contribution is 7.18. The summed E-state index contributed by atoms with van der Waals surface area (Å²) in [5, 5.41) is 3.39. The van der Waals surface area contributed by atoms with E-state index in [2.05, 4.69) is 20.3 Å². The highest BCUT2D eigenvalue weighted by Crippen LogP contribution is 2.40. The molecule has 6 rings (SSSR count). The van der Waals surface area contributed by atoms with Crippen molar-refractivity contribution in [3.63, 3.8) is 0 Å². The van der Waals surface area contributed by atoms with Gasteiger partial charge in [-0.1, -0.05) is 12.1 Å². The molecule has 2 aliphatic rings. The standard InChI is InChI=1S/C22H19F3N6O2S/c23-22(24,25)18-17(33-21(30-18)28-11-7-8-11)20(32)31-9-3-5-13-15(27-10-26-13)16(31)19-29-12-4-1-2-6-14(12)34-19/h1-2,4,6,10-11,16H,3,5,7-9H2,(H,26,27)(H,28,30)/t16-/m0/s1. The Morgan fingerprint density at radius 1 is 1.24 bits per heavy atom. The summed E-state index contributed by atoms with van der Waals surface area (Å²) in [5.41, 5.74) is 0.844. The molecular weight excluding hydrogens is 469 g/mol. The molecule has 0 unspecified atom stereocenters. The first kappa shape index (κ1) is 21.1. The SMILES string of the molecule is O=C(c1oc(NC2CC2)nc1C(F)(F)F)N1CCCc2[nH]cnc2[C@H]1c1nc2ccccc2s1. The predicted molar refractivity (Wildman–Crippen MR) is 118 cm³/mol. The minimum absolute atomic E-state index is 0.0167. The van der Waals surface area contributed by atoms with Crippen LogP contribution in [0.1, 0.15) is 57.9 Å². The van der Waals surface area contributed by atoms with Crippen molar-refractivity contribution in [2.75, 3.05) is 11.9 Å². The number of H-pyrrole nitrogens is 1. The van der Waals surface area contributed by atoms with Gasteiger partial charge in [0.1, 0.15) is 11.0 Å². The second-order valence-corrected chi connectivity index (χ2v) is 9.47. The zero-order valence-corrected chi connectivity index (χ0v) is 18.5. The van der Waals surface area contributed by atoms with Crippen LogP contribution in [0.15, 0.2) is 35.0 Å². The van der Waals surface area contributed by atoms with Crippen LogP contribution in [0.4, 0.5) is 19.2 Å². The van der Waals surface area contributed by atoms with Gasteiger partial charge in [0.2, 0.25) is 5.76 Å². The van der Waals surface area contributed by atoms with Gasteiger partial charge in [0.15, 0.2) is 5.69 Å². The third kappa shape index (κ3) is 3.71. The van der Waals surface area contributed by atoms with E-state index >= 15 is 0 Å². The lowest BCUT2D eigenvalue weighted by Gasteiger charge is -2.27. The van der Waals surface area contributed by atoms with Gasteiger partial charge in [-0.3, -0.25) is 4.79 Å². The number of oxazole rings is 1. The number of amides is 1. The number of carbonyl (C=O) groups is 1. The Labute approximate surface area is 195 Å². The molecule has 4 heterocycles. The molecule has 3 aromatic heterocycles. The molecule has 1 aromatic carbocycles. The number of halogens is 3. The lowest BCUT2D eigenvalue weighted by molar-refractivity contribution is -0.141. The fourth-order valence-corrected chi connectivity index (χ4v) is 5.28. The van der Waals surface area contributed by atoms with Crippen molar-refractivity contribution < 1.29 is 22.4 Å². The zero-order chi connectivity index (χ0) is 23.4. The van der Waals surface area contributed by atoms with Crippen molar-refractivity contribution >= 4 is 33.5 Å². The molecule has 1 saturated carbocycles. The quantitative estimate of drug-likeness (QED) is 0.429. The molecule has 8 nitrogen and oxygen atoms in total. The van der Waals surface area contributed by atoms with Crippen molar-refractivity contribution in [1.29, 1.82) is 0 Å². The molecule has 1 aliphatic carbocycles. The Balaban J connectivity index is 1.45. The predicted octanol–water partition coefficient (Wildman–Crippen LogP) is 4.78. The average molecular weight is 488 g/mol. The number of rotatable bonds is 4. The number of hydrogen-bond acceptors (Lipinski definition) is 7. The number of aryl methyl sites for hydroxylation is 1. The van der Waals surface area contributed by atoms with E-state index in [9.17, 15) is 18.0 Å². The fraction of sp³-hybridized carbons (Fsp3) is 0.364. The Morgan fingerprint density at radius 3 is 2.82 bits per heavy atom. The number of carbonyl (C=O) groups excluding carboxylic acids is 1. The first-order valence-electron chi connectivity index (χ1n) is 10.9. The van der Waals surface area contributed by atoms with Crippen LogP contribution in [0.3, 0.4) is 0 Å². The van der Waals surface area contributed by atoms with Crippen LogP contribution in [-0.4, -0.2) is 43.3 Å². The number of aromatic nitrogens is 4. The Bertz CT molecular complexity index is 1340. The largest absolute Gasteiger partial charge is 0.437 e. The lowest BCUT2D eigenvalue weighted by atomic mass is 10.1. The third-order valence-electron chi connectivity index (χ3n) is 5.95. The summed E-state index contributed by atoms with van der Waals surface area (Å²) >= 11 is 1.39. The van der Waals surface area contributed by atoms with Gasteiger partial charge in [-0.05, 0) is 37.8 Å². The molecule has 1 amide bonds. The number of nitrogens with one attached hydrogen (secondary N) is 2. The van der Waals surface area contributed by atoms with Crippen LogP contribution < -0.4 is 5.32 Å². The number of aromatic amines is 1. The molecule has 1 aliphatic heterocycles. The molecule has 1 fully saturated rings. The molecule has 1 atom stereocenters. The van der Waals surface area contributed by atoms with Crippen molar-refractivity contribution in [1.82, 2.24) is 24.8 Å². The molecule has 0 radical (unpaired) electrons. The fourth-order valence-electron chi connectivity index (χ4n) is 4.20. The molecule has 176 valence electrons. The second kappa shape index (κ2) is 7.83. The van der Waals surface area contributed by atoms with Crippen LogP contribution in [-0.2, 0) is 12.6 Å². The van der Waals surface area contributed by atoms with Crippen molar-refractivity contribution in [3.05, 3.63) is 58.4 Å². The summed E-state index contributed by atoms with van der Waals surface area (Å²) in [6.07, 6.45) is -0.511. The second-order valence-electron chi connectivity index (χ2n) is 8.40. The van der Waals surface area contributed by atoms with Gasteiger partial charge in [0.05, 0.1) is 22.2 Å². The molecule has 0 bridgehead atoms. The minimum Gasteiger partial charge on any atom is -0.418 e. The molecule has 0 spiro atoms. The van der Waals surface area contributed by atoms with Gasteiger partial charge in [0.25, 0.3) is 11.9 Å². The maximum atomic E-state index is 13.8. The highest BCUT2D eigenvalue weighted by Gasteiger charge is 2.45. The summed E-state index contributed by atoms with van der Waals surface area (Å²) < 4.78 is 47.8. The summed E-state index contributed by atoms with van der Waals surface area (Å²) in [7, 11) is 0. The third-order valence-corrected chi connectivity index (χ3v) is 7.04. The Morgan fingerprint density at radius 2 is 2.06 bits per heavy atom. The van der Waals surface area contributed by atoms with Gasteiger partial charge >= 0.3 is 6.18 Å².